The molecule has 0 bridgehead atoms. The molecule has 0 fully saturated rings. The summed E-state index contributed by atoms with van der Waals surface area (Å²) in [5, 5.41) is 0.766. The van der Waals surface area contributed by atoms with Crippen LogP contribution < -0.4 is 0 Å². The first-order valence-corrected chi connectivity index (χ1v) is 6.75. The zero-order chi connectivity index (χ0) is 12.5. The Kier molecular flexibility index (Phi) is 3.10. The van der Waals surface area contributed by atoms with E-state index in [1.807, 2.05) is 42.7 Å². The van der Waals surface area contributed by atoms with E-state index in [0.29, 0.717) is 0 Å². The number of halogens is 2. The Morgan fingerprint density at radius 3 is 2.83 bits per heavy atom. The van der Waals surface area contributed by atoms with Gasteiger partial charge >= 0.3 is 0 Å². The Hall–Kier alpha value is -1.32. The molecule has 1 aromatic heterocycles. The second-order valence-corrected chi connectivity index (χ2v) is 5.42. The lowest BCUT2D eigenvalue weighted by Gasteiger charge is -2.07. The lowest BCUT2D eigenvalue weighted by molar-refractivity contribution is 0.824. The average Bonchev–Trinajstić information content (AvgIpc) is 2.76. The molecule has 3 rings (SSSR count). The Bertz CT molecular complexity index is 706. The molecule has 0 spiro atoms. The fourth-order valence-corrected chi connectivity index (χ4v) is 2.70. The molecule has 0 saturated heterocycles. The van der Waals surface area contributed by atoms with Gasteiger partial charge in [-0.1, -0.05) is 45.7 Å². The summed E-state index contributed by atoms with van der Waals surface area (Å²) in [4.78, 5) is 4.37. The molecule has 0 N–H and O–H groups in total. The number of rotatable bonds is 2. The molecule has 0 atom stereocenters. The van der Waals surface area contributed by atoms with Crippen molar-refractivity contribution in [2.45, 2.75) is 6.54 Å². The number of aromatic nitrogens is 2. The van der Waals surface area contributed by atoms with Crippen molar-refractivity contribution in [2.75, 3.05) is 0 Å². The Morgan fingerprint density at radius 1 is 1.17 bits per heavy atom. The lowest BCUT2D eigenvalue weighted by Crippen LogP contribution is -1.98. The first-order valence-electron chi connectivity index (χ1n) is 5.58. The maximum atomic E-state index is 6.23. The standard InChI is InChI=1S/C14H10BrClN2/c15-11-6-5-10(12(16)7-11)8-18-9-17-13-3-1-2-4-14(13)18/h1-7,9H,8H2. The van der Waals surface area contributed by atoms with Gasteiger partial charge in [0, 0.05) is 9.50 Å². The topological polar surface area (TPSA) is 17.8 Å². The van der Waals surface area contributed by atoms with Crippen LogP contribution in [0.2, 0.25) is 5.02 Å². The SMILES string of the molecule is Clc1cc(Br)ccc1Cn1cnc2ccccc21. The molecule has 0 unspecified atom stereocenters. The number of hydrogen-bond acceptors (Lipinski definition) is 1. The number of para-hydroxylation sites is 2. The molecule has 90 valence electrons. The van der Waals surface area contributed by atoms with Crippen LogP contribution in [0.1, 0.15) is 5.56 Å². The van der Waals surface area contributed by atoms with Gasteiger partial charge in [-0.05, 0) is 29.8 Å². The summed E-state index contributed by atoms with van der Waals surface area (Å²) >= 11 is 9.64. The maximum Gasteiger partial charge on any atom is 0.0961 e. The number of hydrogen-bond donors (Lipinski definition) is 0. The molecule has 2 aromatic carbocycles. The first-order chi connectivity index (χ1) is 8.74. The molecule has 0 saturated carbocycles. The van der Waals surface area contributed by atoms with Crippen molar-refractivity contribution in [1.29, 1.82) is 0 Å². The highest BCUT2D eigenvalue weighted by molar-refractivity contribution is 9.10. The molecule has 0 amide bonds. The summed E-state index contributed by atoms with van der Waals surface area (Å²) < 4.78 is 3.09. The summed E-state index contributed by atoms with van der Waals surface area (Å²) in [5.41, 5.74) is 3.21. The van der Waals surface area contributed by atoms with Crippen molar-refractivity contribution in [1.82, 2.24) is 9.55 Å². The largest absolute Gasteiger partial charge is 0.326 e. The van der Waals surface area contributed by atoms with Crippen LogP contribution >= 0.6 is 27.5 Å². The molecular formula is C14H10BrClN2. The number of fused-ring (bicyclic) bond motifs is 1. The van der Waals surface area contributed by atoms with Crippen LogP contribution in [0.4, 0.5) is 0 Å². The number of nitrogens with zero attached hydrogens (tertiary/aromatic N) is 2. The van der Waals surface area contributed by atoms with E-state index in [2.05, 4.69) is 31.5 Å². The van der Waals surface area contributed by atoms with Crippen LogP contribution in [0, 0.1) is 0 Å². The van der Waals surface area contributed by atoms with Crippen LogP contribution in [0.25, 0.3) is 11.0 Å². The summed E-state index contributed by atoms with van der Waals surface area (Å²) in [7, 11) is 0. The molecule has 0 aliphatic rings. The highest BCUT2D eigenvalue weighted by Gasteiger charge is 2.05. The minimum Gasteiger partial charge on any atom is -0.326 e. The van der Waals surface area contributed by atoms with Gasteiger partial charge in [0.2, 0.25) is 0 Å². The van der Waals surface area contributed by atoms with E-state index in [1.54, 1.807) is 0 Å². The van der Waals surface area contributed by atoms with Gasteiger partial charge in [-0.25, -0.2) is 4.98 Å². The second kappa shape index (κ2) is 4.75. The van der Waals surface area contributed by atoms with Gasteiger partial charge in [0.1, 0.15) is 0 Å². The van der Waals surface area contributed by atoms with Crippen molar-refractivity contribution in [2.24, 2.45) is 0 Å². The highest BCUT2D eigenvalue weighted by Crippen LogP contribution is 2.23. The normalized spacial score (nSPS) is 11.0. The summed E-state index contributed by atoms with van der Waals surface area (Å²) in [6.45, 7) is 0.729. The number of benzene rings is 2. The van der Waals surface area contributed by atoms with Crippen LogP contribution in [-0.4, -0.2) is 9.55 Å². The van der Waals surface area contributed by atoms with Crippen LogP contribution in [0.3, 0.4) is 0 Å². The molecular weight excluding hydrogens is 312 g/mol. The van der Waals surface area contributed by atoms with E-state index >= 15 is 0 Å². The predicted molar refractivity (Wildman–Crippen MR) is 78.0 cm³/mol. The van der Waals surface area contributed by atoms with Crippen molar-refractivity contribution >= 4 is 38.6 Å². The minimum atomic E-state index is 0.729. The molecule has 4 heteroatoms. The first kappa shape index (κ1) is 11.8. The average molecular weight is 322 g/mol. The number of imidazole rings is 1. The van der Waals surface area contributed by atoms with Gasteiger partial charge in [-0.2, -0.15) is 0 Å². The van der Waals surface area contributed by atoms with E-state index in [4.69, 9.17) is 11.6 Å². The van der Waals surface area contributed by atoms with Gasteiger partial charge in [0.25, 0.3) is 0 Å². The second-order valence-electron chi connectivity index (χ2n) is 4.10. The predicted octanol–water partition coefficient (Wildman–Crippen LogP) is 4.50. The van der Waals surface area contributed by atoms with Gasteiger partial charge in [-0.15, -0.1) is 0 Å². The minimum absolute atomic E-state index is 0.729. The third-order valence-corrected chi connectivity index (χ3v) is 3.73. The smallest absolute Gasteiger partial charge is 0.0961 e. The van der Waals surface area contributed by atoms with E-state index in [-0.39, 0.29) is 0 Å². The molecule has 0 aliphatic heterocycles. The van der Waals surface area contributed by atoms with Crippen LogP contribution in [-0.2, 0) is 6.54 Å². The molecule has 0 radical (unpaired) electrons. The lowest BCUT2D eigenvalue weighted by atomic mass is 10.2. The molecule has 3 aromatic rings. The summed E-state index contributed by atoms with van der Waals surface area (Å²) in [6, 6.07) is 14.0. The highest BCUT2D eigenvalue weighted by atomic mass is 79.9. The van der Waals surface area contributed by atoms with E-state index in [9.17, 15) is 0 Å². The van der Waals surface area contributed by atoms with E-state index in [1.165, 1.54) is 0 Å². The maximum absolute atomic E-state index is 6.23. The van der Waals surface area contributed by atoms with Crippen molar-refractivity contribution in [3.63, 3.8) is 0 Å². The third kappa shape index (κ3) is 2.16. The molecule has 2 nitrogen and oxygen atoms in total. The van der Waals surface area contributed by atoms with Gasteiger partial charge in [0.15, 0.2) is 0 Å². The van der Waals surface area contributed by atoms with Crippen molar-refractivity contribution in [3.8, 4) is 0 Å². The Balaban J connectivity index is 2.01. The zero-order valence-electron chi connectivity index (χ0n) is 9.48. The van der Waals surface area contributed by atoms with Gasteiger partial charge < -0.3 is 4.57 Å². The fourth-order valence-electron chi connectivity index (χ4n) is 1.97. The van der Waals surface area contributed by atoms with E-state index < -0.39 is 0 Å². The van der Waals surface area contributed by atoms with Crippen LogP contribution in [0.5, 0.6) is 0 Å². The molecule has 0 aliphatic carbocycles. The summed E-state index contributed by atoms with van der Waals surface area (Å²) in [5.74, 6) is 0. The van der Waals surface area contributed by atoms with Crippen LogP contribution in [0.15, 0.2) is 53.3 Å². The van der Waals surface area contributed by atoms with Crippen molar-refractivity contribution < 1.29 is 0 Å². The van der Waals surface area contributed by atoms with Crippen molar-refractivity contribution in [3.05, 3.63) is 63.9 Å². The third-order valence-electron chi connectivity index (χ3n) is 2.88. The van der Waals surface area contributed by atoms with E-state index in [0.717, 1.165) is 32.6 Å². The van der Waals surface area contributed by atoms with Gasteiger partial charge in [-0.3, -0.25) is 0 Å². The monoisotopic (exact) mass is 320 g/mol. The Labute approximate surface area is 118 Å². The fraction of sp³-hybridized carbons (Fsp3) is 0.0714. The Morgan fingerprint density at radius 2 is 2.00 bits per heavy atom. The summed E-state index contributed by atoms with van der Waals surface area (Å²) in [6.07, 6.45) is 1.85. The molecule has 1 heterocycles. The molecule has 18 heavy (non-hydrogen) atoms. The quantitative estimate of drug-likeness (QED) is 0.679. The van der Waals surface area contributed by atoms with Gasteiger partial charge in [0.05, 0.1) is 23.9 Å². The zero-order valence-corrected chi connectivity index (χ0v) is 11.8.